The molecule has 1 N–H and O–H groups in total. The van der Waals surface area contributed by atoms with Crippen LogP contribution in [0.2, 0.25) is 0 Å². The van der Waals surface area contributed by atoms with E-state index in [0.717, 1.165) is 4.72 Å². The maximum atomic E-state index is 11.9. The zero-order valence-corrected chi connectivity index (χ0v) is 10.3. The Hall–Kier alpha value is -1.61. The van der Waals surface area contributed by atoms with E-state index >= 15 is 0 Å². The van der Waals surface area contributed by atoms with Crippen molar-refractivity contribution in [2.24, 2.45) is 0 Å². The van der Waals surface area contributed by atoms with Gasteiger partial charge in [0.15, 0.2) is 0 Å². The van der Waals surface area contributed by atoms with Gasteiger partial charge in [-0.05, 0) is 5.56 Å². The number of esters is 1. The average Bonchev–Trinajstić information content (AvgIpc) is 2.34. The van der Waals surface area contributed by atoms with Crippen molar-refractivity contribution < 1.29 is 31.1 Å². The molecule has 0 bridgehead atoms. The molecule has 0 unspecified atom stereocenters. The molecule has 0 aliphatic rings. The van der Waals surface area contributed by atoms with E-state index in [1.165, 1.54) is 0 Å². The minimum absolute atomic E-state index is 0.145. The van der Waals surface area contributed by atoms with Gasteiger partial charge in [0.2, 0.25) is 0 Å². The van der Waals surface area contributed by atoms with E-state index in [2.05, 4.69) is 4.74 Å². The Morgan fingerprint density at radius 2 is 1.79 bits per heavy atom. The maximum Gasteiger partial charge on any atom is 0.511 e. The van der Waals surface area contributed by atoms with Crippen molar-refractivity contribution in [2.75, 3.05) is 6.54 Å². The Bertz CT molecular complexity index is 527. The minimum atomic E-state index is -5.53. The molecule has 9 heteroatoms. The van der Waals surface area contributed by atoms with Crippen molar-refractivity contribution in [1.82, 2.24) is 4.72 Å². The van der Waals surface area contributed by atoms with Gasteiger partial charge in [0.25, 0.3) is 0 Å². The van der Waals surface area contributed by atoms with Crippen LogP contribution in [0.15, 0.2) is 30.3 Å². The quantitative estimate of drug-likeness (QED) is 0.828. The van der Waals surface area contributed by atoms with Crippen molar-refractivity contribution in [3.63, 3.8) is 0 Å². The highest BCUT2D eigenvalue weighted by Gasteiger charge is 2.45. The van der Waals surface area contributed by atoms with E-state index in [1.807, 2.05) is 0 Å². The van der Waals surface area contributed by atoms with Crippen LogP contribution in [0.5, 0.6) is 0 Å². The van der Waals surface area contributed by atoms with Crippen LogP contribution in [0.25, 0.3) is 0 Å². The zero-order valence-electron chi connectivity index (χ0n) is 9.48. The fraction of sp³-hybridized carbons (Fsp3) is 0.300. The molecule has 0 aliphatic heterocycles. The van der Waals surface area contributed by atoms with Gasteiger partial charge >= 0.3 is 21.5 Å². The third-order valence-electron chi connectivity index (χ3n) is 1.95. The van der Waals surface area contributed by atoms with Crippen molar-refractivity contribution in [3.05, 3.63) is 35.9 Å². The van der Waals surface area contributed by atoms with E-state index in [4.69, 9.17) is 0 Å². The molecule has 0 heterocycles. The number of halogens is 3. The SMILES string of the molecule is O=C(CNS(=O)(=O)C(F)(F)F)OCc1ccccc1. The average molecular weight is 297 g/mol. The first-order valence-corrected chi connectivity index (χ1v) is 6.46. The topological polar surface area (TPSA) is 72.5 Å². The van der Waals surface area contributed by atoms with Crippen LogP contribution in [0, 0.1) is 0 Å². The summed E-state index contributed by atoms with van der Waals surface area (Å²) >= 11 is 0. The van der Waals surface area contributed by atoms with E-state index in [0.29, 0.717) is 5.56 Å². The summed E-state index contributed by atoms with van der Waals surface area (Å²) in [4.78, 5) is 11.1. The van der Waals surface area contributed by atoms with Gasteiger partial charge in [0, 0.05) is 0 Å². The van der Waals surface area contributed by atoms with Crippen LogP contribution in [0.3, 0.4) is 0 Å². The van der Waals surface area contributed by atoms with Gasteiger partial charge in [0.05, 0.1) is 0 Å². The van der Waals surface area contributed by atoms with Gasteiger partial charge in [0.1, 0.15) is 13.2 Å². The Kier molecular flexibility index (Phi) is 4.90. The van der Waals surface area contributed by atoms with Crippen LogP contribution in [0.4, 0.5) is 13.2 Å². The van der Waals surface area contributed by atoms with Crippen LogP contribution in [0.1, 0.15) is 5.56 Å². The predicted octanol–water partition coefficient (Wildman–Crippen LogP) is 1.17. The molecule has 0 radical (unpaired) electrons. The van der Waals surface area contributed by atoms with Crippen LogP contribution >= 0.6 is 0 Å². The predicted molar refractivity (Wildman–Crippen MR) is 59.2 cm³/mol. The highest BCUT2D eigenvalue weighted by Crippen LogP contribution is 2.21. The second kappa shape index (κ2) is 6.02. The van der Waals surface area contributed by atoms with Gasteiger partial charge in [-0.25, -0.2) is 8.42 Å². The molecule has 0 saturated carbocycles. The van der Waals surface area contributed by atoms with Crippen molar-refractivity contribution >= 4 is 16.0 Å². The van der Waals surface area contributed by atoms with Crippen LogP contribution < -0.4 is 4.72 Å². The van der Waals surface area contributed by atoms with Crippen molar-refractivity contribution in [1.29, 1.82) is 0 Å². The van der Waals surface area contributed by atoms with E-state index < -0.39 is 28.0 Å². The number of ether oxygens (including phenoxy) is 1. The summed E-state index contributed by atoms with van der Waals surface area (Å²) in [6.07, 6.45) is 0. The lowest BCUT2D eigenvalue weighted by molar-refractivity contribution is -0.143. The Morgan fingerprint density at radius 1 is 1.21 bits per heavy atom. The Balaban J connectivity index is 2.41. The first kappa shape index (κ1) is 15.4. The second-order valence-electron chi connectivity index (χ2n) is 3.42. The molecule has 1 aromatic rings. The molecule has 0 saturated heterocycles. The van der Waals surface area contributed by atoms with Gasteiger partial charge < -0.3 is 4.74 Å². The third-order valence-corrected chi connectivity index (χ3v) is 3.09. The number of rotatable bonds is 5. The summed E-state index contributed by atoms with van der Waals surface area (Å²) in [5.74, 6) is -1.10. The molecule has 0 spiro atoms. The number of hydrogen-bond donors (Lipinski definition) is 1. The van der Waals surface area contributed by atoms with Gasteiger partial charge in [-0.15, -0.1) is 0 Å². The Labute approximate surface area is 107 Å². The fourth-order valence-electron chi connectivity index (χ4n) is 1.02. The van der Waals surface area contributed by atoms with Gasteiger partial charge in [-0.1, -0.05) is 30.3 Å². The summed E-state index contributed by atoms with van der Waals surface area (Å²) in [5.41, 5.74) is -4.82. The number of hydrogen-bond acceptors (Lipinski definition) is 4. The lowest BCUT2D eigenvalue weighted by atomic mass is 10.2. The van der Waals surface area contributed by atoms with E-state index in [-0.39, 0.29) is 6.61 Å². The fourth-order valence-corrected chi connectivity index (χ4v) is 1.50. The smallest absolute Gasteiger partial charge is 0.460 e. The molecule has 0 aromatic heterocycles. The molecule has 19 heavy (non-hydrogen) atoms. The lowest BCUT2D eigenvalue weighted by Gasteiger charge is -2.09. The lowest BCUT2D eigenvalue weighted by Crippen LogP contribution is -2.39. The number of benzene rings is 1. The molecule has 106 valence electrons. The normalized spacial score (nSPS) is 12.2. The van der Waals surface area contributed by atoms with E-state index in [1.54, 1.807) is 30.3 Å². The molecule has 1 aromatic carbocycles. The molecule has 1 rings (SSSR count). The van der Waals surface area contributed by atoms with Crippen molar-refractivity contribution in [2.45, 2.75) is 12.1 Å². The van der Waals surface area contributed by atoms with Crippen LogP contribution in [-0.2, 0) is 26.2 Å². The molecule has 0 fully saturated rings. The number of sulfonamides is 1. The molecular weight excluding hydrogens is 287 g/mol. The van der Waals surface area contributed by atoms with Crippen molar-refractivity contribution in [3.8, 4) is 0 Å². The van der Waals surface area contributed by atoms with Gasteiger partial charge in [-0.3, -0.25) is 4.79 Å². The summed E-state index contributed by atoms with van der Waals surface area (Å²) in [5, 5.41) is 0. The number of nitrogens with one attached hydrogen (secondary N) is 1. The molecular formula is C10H10F3NO4S. The summed E-state index contributed by atoms with van der Waals surface area (Å²) in [6.45, 7) is -1.22. The first-order valence-electron chi connectivity index (χ1n) is 4.98. The number of alkyl halides is 3. The first-order chi connectivity index (χ1) is 8.72. The maximum absolute atomic E-state index is 11.9. The molecule has 0 atom stereocenters. The largest absolute Gasteiger partial charge is 0.511 e. The second-order valence-corrected chi connectivity index (χ2v) is 5.18. The monoisotopic (exact) mass is 297 g/mol. The standard InChI is InChI=1S/C10H10F3NO4S/c11-10(12,13)19(16,17)14-6-9(15)18-7-8-4-2-1-3-5-8/h1-5,14H,6-7H2. The Morgan fingerprint density at radius 3 is 2.32 bits per heavy atom. The van der Waals surface area contributed by atoms with Gasteiger partial charge in [-0.2, -0.15) is 17.9 Å². The number of carbonyl (C=O) groups is 1. The summed E-state index contributed by atoms with van der Waals surface area (Å²) < 4.78 is 62.7. The summed E-state index contributed by atoms with van der Waals surface area (Å²) in [6, 6.07) is 8.41. The van der Waals surface area contributed by atoms with E-state index in [9.17, 15) is 26.4 Å². The molecule has 0 amide bonds. The zero-order chi connectivity index (χ0) is 14.5. The molecule has 5 nitrogen and oxygen atoms in total. The molecule has 0 aliphatic carbocycles. The third kappa shape index (κ3) is 4.87. The van der Waals surface area contributed by atoms with Crippen LogP contribution in [-0.4, -0.2) is 26.4 Å². The highest BCUT2D eigenvalue weighted by atomic mass is 32.2. The minimum Gasteiger partial charge on any atom is -0.460 e. The highest BCUT2D eigenvalue weighted by molar-refractivity contribution is 7.90. The number of carbonyl (C=O) groups excluding carboxylic acids is 1. The summed E-state index contributed by atoms with van der Waals surface area (Å²) in [7, 11) is -5.53.